The van der Waals surface area contributed by atoms with Gasteiger partial charge in [-0.1, -0.05) is 41.9 Å². The third kappa shape index (κ3) is 3.75. The van der Waals surface area contributed by atoms with Gasteiger partial charge in [-0.05, 0) is 30.7 Å². The molecule has 2 aromatic carbocycles. The molecule has 0 radical (unpaired) electrons. The first-order valence-electron chi connectivity index (χ1n) is 10.4. The highest BCUT2D eigenvalue weighted by atomic mass is 35.5. The zero-order valence-electron chi connectivity index (χ0n) is 17.2. The summed E-state index contributed by atoms with van der Waals surface area (Å²) in [5.41, 5.74) is 1.56. The molecule has 31 heavy (non-hydrogen) atoms. The van der Waals surface area contributed by atoms with Crippen molar-refractivity contribution in [3.05, 3.63) is 88.3 Å². The average Bonchev–Trinajstić information content (AvgIpc) is 3.33. The molecule has 2 aliphatic rings. The van der Waals surface area contributed by atoms with Crippen LogP contribution in [0.25, 0.3) is 0 Å². The summed E-state index contributed by atoms with van der Waals surface area (Å²) in [6.07, 6.45) is 1.75. The maximum absolute atomic E-state index is 13.5. The Kier molecular flexibility index (Phi) is 5.07. The molecule has 1 amide bonds. The highest BCUT2D eigenvalue weighted by Crippen LogP contribution is 2.49. The Labute approximate surface area is 185 Å². The number of carbonyl (C=O) groups excluding carboxylic acids is 1. The van der Waals surface area contributed by atoms with Gasteiger partial charge < -0.3 is 9.32 Å². The van der Waals surface area contributed by atoms with Gasteiger partial charge in [0.2, 0.25) is 0 Å². The van der Waals surface area contributed by atoms with E-state index in [1.807, 2.05) is 25.1 Å². The average molecular weight is 440 g/mol. The molecule has 1 atom stereocenters. The van der Waals surface area contributed by atoms with Crippen molar-refractivity contribution in [2.24, 2.45) is 5.41 Å². The van der Waals surface area contributed by atoms with E-state index in [0.717, 1.165) is 31.3 Å². The third-order valence-corrected chi connectivity index (χ3v) is 6.66. The molecule has 0 saturated carbocycles. The van der Waals surface area contributed by atoms with E-state index < -0.39 is 5.82 Å². The van der Waals surface area contributed by atoms with Gasteiger partial charge in [-0.2, -0.15) is 0 Å². The standard InChI is InChI=1S/C24H23ClFN3O2/c1-16-10-27-22(31-16)19-12-28(11-17-5-3-2-4-6-17)13-24(19)14-29(15-24)23(30)18-7-8-21(26)20(25)9-18/h2-10,19H,11-15H2,1H3. The molecule has 0 bridgehead atoms. The lowest BCUT2D eigenvalue weighted by molar-refractivity contribution is -0.000631. The number of hydrogen-bond donors (Lipinski definition) is 0. The van der Waals surface area contributed by atoms with Gasteiger partial charge in [0, 0.05) is 43.7 Å². The lowest BCUT2D eigenvalue weighted by atomic mass is 9.71. The smallest absolute Gasteiger partial charge is 0.253 e. The number of likely N-dealkylation sites (tertiary alicyclic amines) is 2. The largest absolute Gasteiger partial charge is 0.446 e. The maximum atomic E-state index is 13.5. The van der Waals surface area contributed by atoms with Crippen molar-refractivity contribution in [3.63, 3.8) is 0 Å². The summed E-state index contributed by atoms with van der Waals surface area (Å²) in [6, 6.07) is 14.5. The number of amides is 1. The van der Waals surface area contributed by atoms with Crippen LogP contribution in [0.1, 0.15) is 33.5 Å². The minimum atomic E-state index is -0.523. The molecule has 0 aliphatic carbocycles. The number of oxazole rings is 1. The van der Waals surface area contributed by atoms with E-state index in [-0.39, 0.29) is 22.3 Å². The Hall–Kier alpha value is -2.70. The summed E-state index contributed by atoms with van der Waals surface area (Å²) in [5, 5.41) is -0.0378. The summed E-state index contributed by atoms with van der Waals surface area (Å²) < 4.78 is 19.4. The molecule has 1 unspecified atom stereocenters. The second-order valence-corrected chi connectivity index (χ2v) is 9.08. The lowest BCUT2D eigenvalue weighted by Gasteiger charge is -2.50. The molecular weight excluding hydrogens is 417 g/mol. The van der Waals surface area contributed by atoms with Crippen molar-refractivity contribution >= 4 is 17.5 Å². The van der Waals surface area contributed by atoms with Gasteiger partial charge in [-0.25, -0.2) is 9.37 Å². The fraction of sp³-hybridized carbons (Fsp3) is 0.333. The first kappa shape index (κ1) is 20.2. The van der Waals surface area contributed by atoms with Gasteiger partial charge in [0.05, 0.1) is 17.1 Å². The molecule has 2 saturated heterocycles. The molecule has 3 heterocycles. The van der Waals surface area contributed by atoms with Gasteiger partial charge >= 0.3 is 0 Å². The quantitative estimate of drug-likeness (QED) is 0.599. The van der Waals surface area contributed by atoms with E-state index in [2.05, 4.69) is 22.0 Å². The molecule has 0 N–H and O–H groups in total. The van der Waals surface area contributed by atoms with Gasteiger partial charge in [-0.3, -0.25) is 9.69 Å². The van der Waals surface area contributed by atoms with Gasteiger partial charge in [0.15, 0.2) is 5.89 Å². The maximum Gasteiger partial charge on any atom is 0.253 e. The van der Waals surface area contributed by atoms with Crippen LogP contribution in [0.4, 0.5) is 4.39 Å². The van der Waals surface area contributed by atoms with Gasteiger partial charge in [0.25, 0.3) is 5.91 Å². The van der Waals surface area contributed by atoms with Crippen LogP contribution in [0.15, 0.2) is 59.1 Å². The summed E-state index contributed by atoms with van der Waals surface area (Å²) in [4.78, 5) is 21.7. The number of hydrogen-bond acceptors (Lipinski definition) is 4. The Bertz CT molecular complexity index is 1110. The van der Waals surface area contributed by atoms with Gasteiger partial charge in [0.1, 0.15) is 11.6 Å². The highest BCUT2D eigenvalue weighted by molar-refractivity contribution is 6.31. The van der Waals surface area contributed by atoms with Crippen LogP contribution in [0.2, 0.25) is 5.02 Å². The second-order valence-electron chi connectivity index (χ2n) is 8.67. The van der Waals surface area contributed by atoms with Gasteiger partial charge in [-0.15, -0.1) is 0 Å². The normalized spacial score (nSPS) is 20.2. The first-order chi connectivity index (χ1) is 14.9. The van der Waals surface area contributed by atoms with E-state index in [9.17, 15) is 9.18 Å². The molecule has 2 fully saturated rings. The molecule has 2 aliphatic heterocycles. The van der Waals surface area contributed by atoms with Crippen molar-refractivity contribution in [1.29, 1.82) is 0 Å². The number of aryl methyl sites for hydroxylation is 1. The van der Waals surface area contributed by atoms with E-state index in [1.54, 1.807) is 11.1 Å². The van der Waals surface area contributed by atoms with Crippen LogP contribution in [0, 0.1) is 18.2 Å². The molecule has 5 nitrogen and oxygen atoms in total. The fourth-order valence-electron chi connectivity index (χ4n) is 4.90. The van der Waals surface area contributed by atoms with Crippen LogP contribution in [-0.2, 0) is 6.54 Å². The van der Waals surface area contributed by atoms with Crippen molar-refractivity contribution in [2.75, 3.05) is 26.2 Å². The molecule has 1 aromatic heterocycles. The fourth-order valence-corrected chi connectivity index (χ4v) is 5.08. The Morgan fingerprint density at radius 3 is 2.68 bits per heavy atom. The summed E-state index contributed by atoms with van der Waals surface area (Å²) in [6.45, 7) is 5.66. The number of halogens is 2. The minimum absolute atomic E-state index is 0.0378. The summed E-state index contributed by atoms with van der Waals surface area (Å²) in [7, 11) is 0. The summed E-state index contributed by atoms with van der Waals surface area (Å²) in [5.74, 6) is 0.997. The predicted octanol–water partition coefficient (Wildman–Crippen LogP) is 4.52. The van der Waals surface area contributed by atoms with Crippen LogP contribution >= 0.6 is 11.6 Å². The van der Waals surface area contributed by atoms with Crippen LogP contribution < -0.4 is 0 Å². The number of benzene rings is 2. The number of carbonyl (C=O) groups is 1. The van der Waals surface area contributed by atoms with Crippen LogP contribution in [0.3, 0.4) is 0 Å². The van der Waals surface area contributed by atoms with Crippen molar-refractivity contribution < 1.29 is 13.6 Å². The second kappa shape index (κ2) is 7.77. The molecule has 1 spiro atoms. The van der Waals surface area contributed by atoms with Crippen molar-refractivity contribution in [3.8, 4) is 0 Å². The molecular formula is C24H23ClFN3O2. The number of aromatic nitrogens is 1. The monoisotopic (exact) mass is 439 g/mol. The van der Waals surface area contributed by atoms with E-state index in [0.29, 0.717) is 18.7 Å². The Morgan fingerprint density at radius 1 is 1.23 bits per heavy atom. The minimum Gasteiger partial charge on any atom is -0.446 e. The molecule has 7 heteroatoms. The highest BCUT2D eigenvalue weighted by Gasteiger charge is 2.57. The van der Waals surface area contributed by atoms with E-state index >= 15 is 0 Å². The van der Waals surface area contributed by atoms with E-state index in [1.165, 1.54) is 23.8 Å². The third-order valence-electron chi connectivity index (χ3n) is 6.37. The number of rotatable bonds is 4. The van der Waals surface area contributed by atoms with Crippen LogP contribution in [0.5, 0.6) is 0 Å². The molecule has 3 aromatic rings. The lowest BCUT2D eigenvalue weighted by Crippen LogP contribution is -2.61. The van der Waals surface area contributed by atoms with Crippen molar-refractivity contribution in [1.82, 2.24) is 14.8 Å². The Balaban J connectivity index is 1.35. The first-order valence-corrected chi connectivity index (χ1v) is 10.7. The summed E-state index contributed by atoms with van der Waals surface area (Å²) >= 11 is 5.87. The van der Waals surface area contributed by atoms with E-state index in [4.69, 9.17) is 16.0 Å². The molecule has 5 rings (SSSR count). The molecule has 160 valence electrons. The topological polar surface area (TPSA) is 49.6 Å². The zero-order chi connectivity index (χ0) is 21.6. The predicted molar refractivity (Wildman–Crippen MR) is 115 cm³/mol. The number of nitrogens with zero attached hydrogens (tertiary/aromatic N) is 3. The SMILES string of the molecule is Cc1cnc(C2CN(Cc3ccccc3)CC23CN(C(=O)c2ccc(F)c(Cl)c2)C3)o1. The van der Waals surface area contributed by atoms with Crippen LogP contribution in [-0.4, -0.2) is 46.9 Å². The van der Waals surface area contributed by atoms with Crippen molar-refractivity contribution in [2.45, 2.75) is 19.4 Å². The Morgan fingerprint density at radius 2 is 2.00 bits per heavy atom. The zero-order valence-corrected chi connectivity index (χ0v) is 18.0.